The van der Waals surface area contributed by atoms with Crippen molar-refractivity contribution in [1.29, 1.82) is 0 Å². The lowest BCUT2D eigenvalue weighted by molar-refractivity contribution is 0.0950. The molecule has 0 fully saturated rings. The van der Waals surface area contributed by atoms with E-state index in [1.54, 1.807) is 29.8 Å². The highest BCUT2D eigenvalue weighted by Crippen LogP contribution is 2.34. The van der Waals surface area contributed by atoms with Gasteiger partial charge in [0.15, 0.2) is 23.1 Å². The lowest BCUT2D eigenvalue weighted by atomic mass is 10.2. The van der Waals surface area contributed by atoms with Gasteiger partial charge in [-0.15, -0.1) is 11.3 Å². The van der Waals surface area contributed by atoms with Gasteiger partial charge in [-0.3, -0.25) is 9.78 Å². The topological polar surface area (TPSA) is 73.3 Å². The summed E-state index contributed by atoms with van der Waals surface area (Å²) in [6.07, 6.45) is 2.35. The van der Waals surface area contributed by atoms with Crippen LogP contribution in [0.25, 0.3) is 10.6 Å². The number of benzene rings is 2. The highest BCUT2D eigenvalue weighted by atomic mass is 32.1. The highest BCUT2D eigenvalue weighted by molar-refractivity contribution is 7.13. The van der Waals surface area contributed by atoms with Gasteiger partial charge in [0, 0.05) is 35.8 Å². The summed E-state index contributed by atoms with van der Waals surface area (Å²) in [5.41, 5.74) is 2.48. The molecule has 174 valence electrons. The van der Waals surface area contributed by atoms with Crippen LogP contribution in [0.1, 0.15) is 21.7 Å². The average molecular weight is 482 g/mol. The van der Waals surface area contributed by atoms with E-state index in [9.17, 15) is 13.6 Å². The van der Waals surface area contributed by atoms with E-state index in [1.807, 2.05) is 18.2 Å². The van der Waals surface area contributed by atoms with Gasteiger partial charge >= 0.3 is 0 Å². The van der Waals surface area contributed by atoms with Crippen molar-refractivity contribution in [3.05, 3.63) is 94.8 Å². The minimum absolute atomic E-state index is 0.0486. The summed E-state index contributed by atoms with van der Waals surface area (Å²) in [7, 11) is 1.51. The molecule has 0 aliphatic rings. The van der Waals surface area contributed by atoms with E-state index in [0.717, 1.165) is 23.4 Å². The largest absolute Gasteiger partial charge is 0.493 e. The molecular formula is C25H21F2N3O3S. The first-order valence-electron chi connectivity index (χ1n) is 10.4. The first kappa shape index (κ1) is 23.3. The molecule has 2 aromatic heterocycles. The summed E-state index contributed by atoms with van der Waals surface area (Å²) < 4.78 is 37.6. The molecule has 0 saturated carbocycles. The van der Waals surface area contributed by atoms with Gasteiger partial charge in [-0.05, 0) is 48.0 Å². The van der Waals surface area contributed by atoms with Gasteiger partial charge in [-0.2, -0.15) is 0 Å². The molecule has 2 heterocycles. The van der Waals surface area contributed by atoms with Crippen molar-refractivity contribution in [2.45, 2.75) is 13.0 Å². The van der Waals surface area contributed by atoms with Gasteiger partial charge in [-0.1, -0.05) is 12.1 Å². The molecular weight excluding hydrogens is 460 g/mol. The van der Waals surface area contributed by atoms with Crippen molar-refractivity contribution in [1.82, 2.24) is 15.3 Å². The van der Waals surface area contributed by atoms with Crippen molar-refractivity contribution in [3.8, 4) is 22.1 Å². The van der Waals surface area contributed by atoms with Crippen molar-refractivity contribution in [2.24, 2.45) is 0 Å². The Morgan fingerprint density at radius 3 is 2.71 bits per heavy atom. The Morgan fingerprint density at radius 2 is 1.94 bits per heavy atom. The summed E-state index contributed by atoms with van der Waals surface area (Å²) in [6.45, 7) is 0.507. The second kappa shape index (κ2) is 10.8. The zero-order chi connectivity index (χ0) is 23.9. The summed E-state index contributed by atoms with van der Waals surface area (Å²) in [4.78, 5) is 21.1. The molecule has 4 aromatic rings. The number of carbonyl (C=O) groups excluding carboxylic acids is 1. The van der Waals surface area contributed by atoms with E-state index in [-0.39, 0.29) is 12.5 Å². The van der Waals surface area contributed by atoms with E-state index in [2.05, 4.69) is 15.3 Å². The van der Waals surface area contributed by atoms with Crippen LogP contribution in [0.2, 0.25) is 0 Å². The standard InChI is InChI=1S/C25H21F2N3O3S/c1-32-23-13-17(6-8-22(23)33-14-16-5-7-19(26)20(27)12-16)25-30-21(15-34-25)24(31)29-11-9-18-4-2-3-10-28-18/h2-8,10,12-13,15H,9,11,14H2,1H3,(H,29,31). The van der Waals surface area contributed by atoms with Gasteiger partial charge in [0.2, 0.25) is 0 Å². The van der Waals surface area contributed by atoms with Crippen molar-refractivity contribution < 1.29 is 23.0 Å². The van der Waals surface area contributed by atoms with Gasteiger partial charge in [-0.25, -0.2) is 13.8 Å². The van der Waals surface area contributed by atoms with Crippen LogP contribution < -0.4 is 14.8 Å². The number of thiazole rings is 1. The zero-order valence-electron chi connectivity index (χ0n) is 18.3. The third-order valence-corrected chi connectivity index (χ3v) is 5.81. The molecule has 0 atom stereocenters. The Morgan fingerprint density at radius 1 is 1.06 bits per heavy atom. The fraction of sp³-hybridized carbons (Fsp3) is 0.160. The molecule has 0 bridgehead atoms. The number of ether oxygens (including phenoxy) is 2. The Kier molecular flexibility index (Phi) is 7.44. The van der Waals surface area contributed by atoms with Crippen molar-refractivity contribution in [3.63, 3.8) is 0 Å². The van der Waals surface area contributed by atoms with E-state index >= 15 is 0 Å². The van der Waals surface area contributed by atoms with Crippen LogP contribution in [-0.4, -0.2) is 29.5 Å². The maximum absolute atomic E-state index is 13.4. The number of hydrogen-bond donors (Lipinski definition) is 1. The Balaban J connectivity index is 1.39. The molecule has 6 nitrogen and oxygen atoms in total. The molecule has 1 N–H and O–H groups in total. The summed E-state index contributed by atoms with van der Waals surface area (Å²) in [6, 6.07) is 14.5. The number of nitrogens with zero attached hydrogens (tertiary/aromatic N) is 2. The lowest BCUT2D eigenvalue weighted by Crippen LogP contribution is -2.26. The number of nitrogens with one attached hydrogen (secondary N) is 1. The molecule has 2 aromatic carbocycles. The van der Waals surface area contributed by atoms with Crippen LogP contribution in [0.4, 0.5) is 8.78 Å². The molecule has 0 radical (unpaired) electrons. The number of carbonyl (C=O) groups is 1. The number of halogens is 2. The van der Waals surface area contributed by atoms with Gasteiger partial charge < -0.3 is 14.8 Å². The summed E-state index contributed by atoms with van der Waals surface area (Å²) >= 11 is 1.34. The molecule has 0 aliphatic heterocycles. The third kappa shape index (κ3) is 5.74. The highest BCUT2D eigenvalue weighted by Gasteiger charge is 2.14. The van der Waals surface area contributed by atoms with E-state index in [1.165, 1.54) is 24.5 Å². The molecule has 4 rings (SSSR count). The smallest absolute Gasteiger partial charge is 0.270 e. The van der Waals surface area contributed by atoms with E-state index in [0.29, 0.717) is 40.7 Å². The minimum Gasteiger partial charge on any atom is -0.493 e. The van der Waals surface area contributed by atoms with Gasteiger partial charge in [0.25, 0.3) is 5.91 Å². The fourth-order valence-corrected chi connectivity index (χ4v) is 3.96. The quantitative estimate of drug-likeness (QED) is 0.363. The lowest BCUT2D eigenvalue weighted by Gasteiger charge is -2.12. The second-order valence-corrected chi connectivity index (χ2v) is 8.13. The fourth-order valence-electron chi connectivity index (χ4n) is 3.16. The number of hydrogen-bond acceptors (Lipinski definition) is 6. The number of aromatic nitrogens is 2. The third-order valence-electron chi connectivity index (χ3n) is 4.92. The first-order valence-corrected chi connectivity index (χ1v) is 11.3. The second-order valence-electron chi connectivity index (χ2n) is 7.27. The number of amides is 1. The molecule has 0 spiro atoms. The SMILES string of the molecule is COc1cc(-c2nc(C(=O)NCCc3ccccn3)cs2)ccc1OCc1ccc(F)c(F)c1. The molecule has 0 saturated heterocycles. The zero-order valence-corrected chi connectivity index (χ0v) is 19.1. The molecule has 1 amide bonds. The molecule has 0 aliphatic carbocycles. The predicted octanol–water partition coefficient (Wildman–Crippen LogP) is 5.04. The van der Waals surface area contributed by atoms with Crippen LogP contribution in [-0.2, 0) is 13.0 Å². The van der Waals surface area contributed by atoms with Crippen LogP contribution >= 0.6 is 11.3 Å². The van der Waals surface area contributed by atoms with Crippen LogP contribution in [0.15, 0.2) is 66.2 Å². The van der Waals surface area contributed by atoms with Crippen molar-refractivity contribution in [2.75, 3.05) is 13.7 Å². The van der Waals surface area contributed by atoms with Crippen LogP contribution in [0.5, 0.6) is 11.5 Å². The average Bonchev–Trinajstić information content (AvgIpc) is 3.36. The van der Waals surface area contributed by atoms with Gasteiger partial charge in [0.1, 0.15) is 17.3 Å². The Labute approximate surface area is 199 Å². The van der Waals surface area contributed by atoms with Crippen molar-refractivity contribution >= 4 is 17.2 Å². The first-order chi connectivity index (χ1) is 16.5. The monoisotopic (exact) mass is 481 g/mol. The minimum atomic E-state index is -0.927. The molecule has 0 unspecified atom stereocenters. The van der Waals surface area contributed by atoms with Crippen LogP contribution in [0.3, 0.4) is 0 Å². The normalized spacial score (nSPS) is 10.7. The maximum Gasteiger partial charge on any atom is 0.270 e. The predicted molar refractivity (Wildman–Crippen MR) is 125 cm³/mol. The number of pyridine rings is 1. The number of methoxy groups -OCH3 is 1. The molecule has 9 heteroatoms. The summed E-state index contributed by atoms with van der Waals surface area (Å²) in [5, 5.41) is 5.21. The Bertz CT molecular complexity index is 1280. The molecule has 34 heavy (non-hydrogen) atoms. The van der Waals surface area contributed by atoms with Crippen LogP contribution in [0, 0.1) is 11.6 Å². The maximum atomic E-state index is 13.4. The van der Waals surface area contributed by atoms with E-state index < -0.39 is 11.6 Å². The van der Waals surface area contributed by atoms with Gasteiger partial charge in [0.05, 0.1) is 7.11 Å². The van der Waals surface area contributed by atoms with E-state index in [4.69, 9.17) is 9.47 Å². The summed E-state index contributed by atoms with van der Waals surface area (Å²) in [5.74, 6) is -1.19. The Hall–Kier alpha value is -3.85. The number of rotatable bonds is 9.